The number of halogens is 1. The average Bonchev–Trinajstić information content (AvgIpc) is 3.32. The van der Waals surface area contributed by atoms with Crippen molar-refractivity contribution in [1.29, 1.82) is 0 Å². The molecule has 0 N–H and O–H groups in total. The molecule has 0 saturated heterocycles. The number of benzene rings is 1. The second kappa shape index (κ2) is 7.23. The van der Waals surface area contributed by atoms with Crippen LogP contribution in [-0.2, 0) is 10.1 Å². The van der Waals surface area contributed by atoms with E-state index in [9.17, 15) is 4.79 Å². The lowest BCUT2D eigenvalue weighted by Crippen LogP contribution is -2.42. The fourth-order valence-corrected chi connectivity index (χ4v) is 2.79. The molecule has 0 aromatic heterocycles. The summed E-state index contributed by atoms with van der Waals surface area (Å²) < 4.78 is 5.15. The first kappa shape index (κ1) is 15.5. The molecular formula is C16H22BrNO2. The molecule has 110 valence electrons. The van der Waals surface area contributed by atoms with Crippen molar-refractivity contribution in [2.24, 2.45) is 5.92 Å². The summed E-state index contributed by atoms with van der Waals surface area (Å²) in [5, 5.41) is 0.813. The first-order valence-electron chi connectivity index (χ1n) is 7.12. The van der Waals surface area contributed by atoms with Gasteiger partial charge in [0.05, 0.1) is 6.61 Å². The molecule has 1 atom stereocenters. The Morgan fingerprint density at radius 2 is 2.05 bits per heavy atom. The summed E-state index contributed by atoms with van der Waals surface area (Å²) >= 11 is 3.42. The first-order valence-corrected chi connectivity index (χ1v) is 8.24. The van der Waals surface area contributed by atoms with Gasteiger partial charge in [-0.05, 0) is 43.4 Å². The zero-order valence-corrected chi connectivity index (χ0v) is 13.7. The Kier molecular flexibility index (Phi) is 5.61. The van der Waals surface area contributed by atoms with Crippen LogP contribution in [0.4, 0.5) is 0 Å². The Morgan fingerprint density at radius 1 is 1.40 bits per heavy atom. The minimum Gasteiger partial charge on any atom is -0.383 e. The Labute approximate surface area is 129 Å². The smallest absolute Gasteiger partial charge is 0.254 e. The maximum atomic E-state index is 12.7. The highest BCUT2D eigenvalue weighted by Gasteiger charge is 2.34. The van der Waals surface area contributed by atoms with E-state index in [1.54, 1.807) is 7.11 Å². The summed E-state index contributed by atoms with van der Waals surface area (Å²) in [6.45, 7) is 3.40. The maximum absolute atomic E-state index is 12.7. The van der Waals surface area contributed by atoms with Crippen LogP contribution in [0.15, 0.2) is 24.3 Å². The van der Waals surface area contributed by atoms with Gasteiger partial charge in [0.1, 0.15) is 0 Å². The summed E-state index contributed by atoms with van der Waals surface area (Å²) in [5.41, 5.74) is 1.94. The minimum atomic E-state index is 0.113. The van der Waals surface area contributed by atoms with Gasteiger partial charge in [-0.3, -0.25) is 4.79 Å². The summed E-state index contributed by atoms with van der Waals surface area (Å²) in [6, 6.07) is 8.13. The number of hydrogen-bond donors (Lipinski definition) is 0. The molecule has 4 heteroatoms. The van der Waals surface area contributed by atoms with E-state index < -0.39 is 0 Å². The third-order valence-corrected chi connectivity index (χ3v) is 4.60. The molecule has 0 radical (unpaired) electrons. The van der Waals surface area contributed by atoms with Crippen LogP contribution in [0.2, 0.25) is 0 Å². The zero-order chi connectivity index (χ0) is 14.5. The number of alkyl halides is 1. The molecule has 1 aliphatic rings. The Morgan fingerprint density at radius 3 is 2.55 bits per heavy atom. The van der Waals surface area contributed by atoms with Gasteiger partial charge in [0.15, 0.2) is 0 Å². The molecule has 1 aliphatic carbocycles. The Hall–Kier alpha value is -0.870. The molecule has 2 rings (SSSR count). The zero-order valence-electron chi connectivity index (χ0n) is 12.1. The monoisotopic (exact) mass is 339 g/mol. The minimum absolute atomic E-state index is 0.113. The number of methoxy groups -OCH3 is 1. The van der Waals surface area contributed by atoms with Crippen molar-refractivity contribution in [3.63, 3.8) is 0 Å². The van der Waals surface area contributed by atoms with Crippen LogP contribution in [0.3, 0.4) is 0 Å². The number of amides is 1. The van der Waals surface area contributed by atoms with E-state index in [0.717, 1.165) is 10.9 Å². The van der Waals surface area contributed by atoms with Crippen molar-refractivity contribution in [3.8, 4) is 0 Å². The molecule has 1 unspecified atom stereocenters. The lowest BCUT2D eigenvalue weighted by molar-refractivity contribution is 0.0594. The van der Waals surface area contributed by atoms with Gasteiger partial charge < -0.3 is 9.64 Å². The van der Waals surface area contributed by atoms with E-state index in [0.29, 0.717) is 25.1 Å². The van der Waals surface area contributed by atoms with E-state index in [4.69, 9.17) is 4.74 Å². The van der Waals surface area contributed by atoms with Crippen molar-refractivity contribution >= 4 is 21.8 Å². The van der Waals surface area contributed by atoms with E-state index in [2.05, 4.69) is 22.9 Å². The molecular weight excluding hydrogens is 318 g/mol. The predicted molar refractivity (Wildman–Crippen MR) is 84.2 cm³/mol. The van der Waals surface area contributed by atoms with Gasteiger partial charge in [0.25, 0.3) is 5.91 Å². The highest BCUT2D eigenvalue weighted by molar-refractivity contribution is 9.08. The molecule has 0 heterocycles. The van der Waals surface area contributed by atoms with E-state index in [1.807, 2.05) is 29.2 Å². The van der Waals surface area contributed by atoms with Gasteiger partial charge in [-0.15, -0.1) is 0 Å². The third-order valence-electron chi connectivity index (χ3n) is 3.95. The molecule has 1 fully saturated rings. The second-order valence-corrected chi connectivity index (χ2v) is 5.96. The number of ether oxygens (including phenoxy) is 1. The molecule has 0 aliphatic heterocycles. The fraction of sp³-hybridized carbons (Fsp3) is 0.562. The maximum Gasteiger partial charge on any atom is 0.254 e. The van der Waals surface area contributed by atoms with Gasteiger partial charge in [-0.25, -0.2) is 0 Å². The largest absolute Gasteiger partial charge is 0.383 e. The molecule has 0 bridgehead atoms. The van der Waals surface area contributed by atoms with Crippen molar-refractivity contribution < 1.29 is 9.53 Å². The van der Waals surface area contributed by atoms with Crippen molar-refractivity contribution in [3.05, 3.63) is 35.4 Å². The Balaban J connectivity index is 2.10. The summed E-state index contributed by atoms with van der Waals surface area (Å²) in [6.07, 6.45) is 2.47. The molecule has 1 aromatic carbocycles. The number of carbonyl (C=O) groups is 1. The van der Waals surface area contributed by atoms with E-state index >= 15 is 0 Å². The standard InChI is InChI=1S/C16H22BrNO2/c1-12(14-7-8-14)18(9-10-20-2)16(19)15-5-3-13(11-17)4-6-15/h3-6,12,14H,7-11H2,1-2H3. The van der Waals surface area contributed by atoms with Crippen LogP contribution in [0.1, 0.15) is 35.7 Å². The SMILES string of the molecule is COCCN(C(=O)c1ccc(CBr)cc1)C(C)C1CC1. The molecule has 0 spiro atoms. The fourth-order valence-electron chi connectivity index (χ4n) is 2.42. The first-order chi connectivity index (χ1) is 9.67. The average molecular weight is 340 g/mol. The highest BCUT2D eigenvalue weighted by atomic mass is 79.9. The van der Waals surface area contributed by atoms with Gasteiger partial charge in [0.2, 0.25) is 0 Å². The van der Waals surface area contributed by atoms with Gasteiger partial charge in [0, 0.05) is 30.6 Å². The highest BCUT2D eigenvalue weighted by Crippen LogP contribution is 2.35. The lowest BCUT2D eigenvalue weighted by atomic mass is 10.1. The number of hydrogen-bond acceptors (Lipinski definition) is 2. The van der Waals surface area contributed by atoms with Gasteiger partial charge >= 0.3 is 0 Å². The topological polar surface area (TPSA) is 29.5 Å². The van der Waals surface area contributed by atoms with E-state index in [-0.39, 0.29) is 5.91 Å². The van der Waals surface area contributed by atoms with Gasteiger partial charge in [-0.1, -0.05) is 28.1 Å². The Bertz CT molecular complexity index is 442. The number of carbonyl (C=O) groups excluding carboxylic acids is 1. The summed E-state index contributed by atoms with van der Waals surface area (Å²) in [4.78, 5) is 14.6. The van der Waals surface area contributed by atoms with Crippen LogP contribution in [0, 0.1) is 5.92 Å². The van der Waals surface area contributed by atoms with E-state index in [1.165, 1.54) is 18.4 Å². The lowest BCUT2D eigenvalue weighted by Gasteiger charge is -2.29. The summed E-state index contributed by atoms with van der Waals surface area (Å²) in [7, 11) is 1.68. The van der Waals surface area contributed by atoms with Crippen LogP contribution >= 0.6 is 15.9 Å². The third kappa shape index (κ3) is 3.83. The van der Waals surface area contributed by atoms with Gasteiger partial charge in [-0.2, -0.15) is 0 Å². The van der Waals surface area contributed by atoms with Crippen LogP contribution in [0.25, 0.3) is 0 Å². The van der Waals surface area contributed by atoms with Crippen LogP contribution < -0.4 is 0 Å². The molecule has 1 saturated carbocycles. The van der Waals surface area contributed by atoms with Crippen LogP contribution in [-0.4, -0.2) is 37.1 Å². The van der Waals surface area contributed by atoms with Crippen LogP contribution in [0.5, 0.6) is 0 Å². The number of nitrogens with zero attached hydrogens (tertiary/aromatic N) is 1. The quantitative estimate of drug-likeness (QED) is 0.712. The predicted octanol–water partition coefficient (Wildman–Crippen LogP) is 3.47. The molecule has 1 amide bonds. The molecule has 3 nitrogen and oxygen atoms in total. The van der Waals surface area contributed by atoms with Crippen molar-refractivity contribution in [2.45, 2.75) is 31.1 Å². The molecule has 20 heavy (non-hydrogen) atoms. The van der Waals surface area contributed by atoms with Crippen molar-refractivity contribution in [2.75, 3.05) is 20.3 Å². The number of rotatable bonds is 7. The van der Waals surface area contributed by atoms with Crippen molar-refractivity contribution in [1.82, 2.24) is 4.90 Å². The second-order valence-electron chi connectivity index (χ2n) is 5.40. The molecule has 1 aromatic rings. The normalized spacial score (nSPS) is 15.9. The summed E-state index contributed by atoms with van der Waals surface area (Å²) in [5.74, 6) is 0.778.